The summed E-state index contributed by atoms with van der Waals surface area (Å²) in [5.41, 5.74) is 4.62. The van der Waals surface area contributed by atoms with E-state index in [1.807, 2.05) is 24.3 Å². The molecule has 0 spiro atoms. The van der Waals surface area contributed by atoms with E-state index < -0.39 is 0 Å². The Kier molecular flexibility index (Phi) is 7.60. The molecular formula is C26H31BrN4O2. The molecule has 0 radical (unpaired) electrons. The highest BCUT2D eigenvalue weighted by atomic mass is 79.9. The van der Waals surface area contributed by atoms with Crippen LogP contribution < -0.4 is 5.32 Å². The Morgan fingerprint density at radius 1 is 1.18 bits per heavy atom. The zero-order valence-corrected chi connectivity index (χ0v) is 21.1. The van der Waals surface area contributed by atoms with Crippen LogP contribution in [0.25, 0.3) is 11.4 Å². The molecule has 1 atom stereocenters. The molecule has 2 heterocycles. The van der Waals surface area contributed by atoms with Gasteiger partial charge in [0.15, 0.2) is 0 Å². The third-order valence-corrected chi connectivity index (χ3v) is 6.94. The molecule has 0 aliphatic carbocycles. The van der Waals surface area contributed by atoms with E-state index in [-0.39, 0.29) is 17.9 Å². The largest absolute Gasteiger partial charge is 0.349 e. The summed E-state index contributed by atoms with van der Waals surface area (Å²) in [7, 11) is 0. The summed E-state index contributed by atoms with van der Waals surface area (Å²) >= 11 is 3.44. The molecule has 174 valence electrons. The number of amides is 1. The lowest BCUT2D eigenvalue weighted by Gasteiger charge is -2.31. The fourth-order valence-corrected chi connectivity index (χ4v) is 4.75. The van der Waals surface area contributed by atoms with Crippen molar-refractivity contribution in [2.45, 2.75) is 52.6 Å². The zero-order valence-electron chi connectivity index (χ0n) is 19.5. The van der Waals surface area contributed by atoms with Gasteiger partial charge in [0, 0.05) is 16.0 Å². The molecular weight excluding hydrogens is 480 g/mol. The number of hydrogen-bond acceptors (Lipinski definition) is 5. The predicted octanol–water partition coefficient (Wildman–Crippen LogP) is 5.60. The van der Waals surface area contributed by atoms with Crippen molar-refractivity contribution in [3.63, 3.8) is 0 Å². The smallest absolute Gasteiger partial charge is 0.241 e. The van der Waals surface area contributed by atoms with Gasteiger partial charge < -0.3 is 9.84 Å². The summed E-state index contributed by atoms with van der Waals surface area (Å²) in [4.78, 5) is 19.8. The fraction of sp³-hybridized carbons (Fsp3) is 0.423. The Labute approximate surface area is 203 Å². The highest BCUT2D eigenvalue weighted by molar-refractivity contribution is 9.10. The minimum Gasteiger partial charge on any atom is -0.349 e. The molecule has 1 saturated heterocycles. The Hall–Kier alpha value is -2.51. The van der Waals surface area contributed by atoms with E-state index in [2.05, 4.69) is 75.3 Å². The number of carbonyl (C=O) groups excluding carboxylic acids is 1. The summed E-state index contributed by atoms with van der Waals surface area (Å²) < 4.78 is 6.48. The topological polar surface area (TPSA) is 71.3 Å². The van der Waals surface area contributed by atoms with Crippen molar-refractivity contribution >= 4 is 21.8 Å². The van der Waals surface area contributed by atoms with E-state index in [4.69, 9.17) is 4.52 Å². The molecule has 1 amide bonds. The Morgan fingerprint density at radius 2 is 1.91 bits per heavy atom. The van der Waals surface area contributed by atoms with Crippen LogP contribution in [-0.4, -0.2) is 34.0 Å². The van der Waals surface area contributed by atoms with E-state index in [1.54, 1.807) is 0 Å². The van der Waals surface area contributed by atoms with Crippen molar-refractivity contribution in [1.29, 1.82) is 0 Å². The molecule has 0 bridgehead atoms. The van der Waals surface area contributed by atoms with Crippen LogP contribution >= 0.6 is 15.9 Å². The first-order valence-electron chi connectivity index (χ1n) is 11.6. The van der Waals surface area contributed by atoms with E-state index in [1.165, 1.54) is 16.7 Å². The fourth-order valence-electron chi connectivity index (χ4n) is 4.49. The molecule has 7 heteroatoms. The number of piperidine rings is 1. The lowest BCUT2D eigenvalue weighted by atomic mass is 9.93. The van der Waals surface area contributed by atoms with Crippen LogP contribution in [0, 0.1) is 19.8 Å². The molecule has 1 aliphatic heterocycles. The Morgan fingerprint density at radius 3 is 2.58 bits per heavy atom. The van der Waals surface area contributed by atoms with E-state index in [0.717, 1.165) is 42.4 Å². The highest BCUT2D eigenvalue weighted by Gasteiger charge is 2.27. The summed E-state index contributed by atoms with van der Waals surface area (Å²) in [5.74, 6) is 1.42. The first-order chi connectivity index (χ1) is 15.9. The predicted molar refractivity (Wildman–Crippen MR) is 133 cm³/mol. The average Bonchev–Trinajstić information content (AvgIpc) is 3.27. The van der Waals surface area contributed by atoms with Gasteiger partial charge in [0.05, 0.1) is 12.6 Å². The third kappa shape index (κ3) is 5.89. The molecule has 2 aromatic carbocycles. The van der Waals surface area contributed by atoms with Gasteiger partial charge in [0.1, 0.15) is 0 Å². The first-order valence-corrected chi connectivity index (χ1v) is 12.4. The van der Waals surface area contributed by atoms with Crippen molar-refractivity contribution < 1.29 is 9.32 Å². The van der Waals surface area contributed by atoms with Crippen LogP contribution in [0.3, 0.4) is 0 Å². The van der Waals surface area contributed by atoms with Gasteiger partial charge in [-0.05, 0) is 81.6 Å². The van der Waals surface area contributed by atoms with Gasteiger partial charge in [0.2, 0.25) is 17.6 Å². The Bertz CT molecular complexity index is 1090. The third-order valence-electron chi connectivity index (χ3n) is 6.41. The molecule has 1 unspecified atom stereocenters. The van der Waals surface area contributed by atoms with Crippen LogP contribution in [0.4, 0.5) is 0 Å². The minimum atomic E-state index is 0.0436. The normalized spacial score (nSPS) is 16.0. The quantitative estimate of drug-likeness (QED) is 0.448. The number of nitrogens with one attached hydrogen (secondary N) is 1. The lowest BCUT2D eigenvalue weighted by molar-refractivity contribution is -0.127. The van der Waals surface area contributed by atoms with E-state index in [9.17, 15) is 4.79 Å². The Balaban J connectivity index is 1.29. The van der Waals surface area contributed by atoms with Gasteiger partial charge in [0.25, 0.3) is 0 Å². The molecule has 1 N–H and O–H groups in total. The molecule has 0 saturated carbocycles. The van der Waals surface area contributed by atoms with Crippen LogP contribution in [0.5, 0.6) is 0 Å². The monoisotopic (exact) mass is 510 g/mol. The second kappa shape index (κ2) is 10.6. The first kappa shape index (κ1) is 23.6. The summed E-state index contributed by atoms with van der Waals surface area (Å²) in [5, 5.41) is 7.42. The maximum absolute atomic E-state index is 13.0. The standard InChI is InChI=1S/C26H31BrN4O2/c1-4-23(22-10-5-17(2)15-18(22)3)28-26(32)20-11-13-31(14-12-20)16-24-29-25(30-33-24)19-6-8-21(27)9-7-19/h5-10,15,20,23H,4,11-14,16H2,1-3H3,(H,28,32). The SMILES string of the molecule is CCC(NC(=O)C1CCN(Cc2nc(-c3ccc(Br)cc3)no2)CC1)c1ccc(C)cc1C. The van der Waals surface area contributed by atoms with Crippen molar-refractivity contribution in [3.8, 4) is 11.4 Å². The van der Waals surface area contributed by atoms with Crippen molar-refractivity contribution in [2.75, 3.05) is 13.1 Å². The van der Waals surface area contributed by atoms with Gasteiger partial charge in [-0.15, -0.1) is 0 Å². The summed E-state index contributed by atoms with van der Waals surface area (Å²) in [6.07, 6.45) is 2.55. The van der Waals surface area contributed by atoms with Gasteiger partial charge in [-0.3, -0.25) is 9.69 Å². The molecule has 33 heavy (non-hydrogen) atoms. The van der Waals surface area contributed by atoms with Crippen LogP contribution in [0.2, 0.25) is 0 Å². The second-order valence-corrected chi connectivity index (χ2v) is 9.81. The molecule has 3 aromatic rings. The molecule has 6 nitrogen and oxygen atoms in total. The number of likely N-dealkylation sites (tertiary alicyclic amines) is 1. The van der Waals surface area contributed by atoms with Gasteiger partial charge in [-0.25, -0.2) is 0 Å². The second-order valence-electron chi connectivity index (χ2n) is 8.90. The molecule has 1 fully saturated rings. The molecule has 4 rings (SSSR count). The maximum Gasteiger partial charge on any atom is 0.241 e. The number of halogens is 1. The average molecular weight is 511 g/mol. The number of rotatable bonds is 7. The lowest BCUT2D eigenvalue weighted by Crippen LogP contribution is -2.41. The van der Waals surface area contributed by atoms with Gasteiger partial charge >= 0.3 is 0 Å². The van der Waals surface area contributed by atoms with Crippen molar-refractivity contribution in [2.24, 2.45) is 5.92 Å². The van der Waals surface area contributed by atoms with E-state index in [0.29, 0.717) is 18.3 Å². The van der Waals surface area contributed by atoms with Gasteiger partial charge in [-0.2, -0.15) is 4.98 Å². The highest BCUT2D eigenvalue weighted by Crippen LogP contribution is 2.25. The molecule has 1 aliphatic rings. The van der Waals surface area contributed by atoms with Crippen molar-refractivity contribution in [3.05, 3.63) is 69.5 Å². The van der Waals surface area contributed by atoms with Crippen molar-refractivity contribution in [1.82, 2.24) is 20.4 Å². The summed E-state index contributed by atoms with van der Waals surface area (Å²) in [6.45, 7) is 8.63. The maximum atomic E-state index is 13.0. The summed E-state index contributed by atoms with van der Waals surface area (Å²) in [6, 6.07) is 14.4. The number of aromatic nitrogens is 2. The number of benzene rings is 2. The van der Waals surface area contributed by atoms with Crippen LogP contribution in [-0.2, 0) is 11.3 Å². The van der Waals surface area contributed by atoms with Crippen LogP contribution in [0.15, 0.2) is 51.5 Å². The minimum absolute atomic E-state index is 0.0436. The number of carbonyl (C=O) groups is 1. The van der Waals surface area contributed by atoms with Gasteiger partial charge in [-0.1, -0.05) is 51.8 Å². The van der Waals surface area contributed by atoms with Crippen LogP contribution in [0.1, 0.15) is 54.8 Å². The molecule has 1 aromatic heterocycles. The zero-order chi connectivity index (χ0) is 23.4. The van der Waals surface area contributed by atoms with E-state index >= 15 is 0 Å². The number of aryl methyl sites for hydroxylation is 2. The number of hydrogen-bond donors (Lipinski definition) is 1. The number of nitrogens with zero attached hydrogens (tertiary/aromatic N) is 3.